The van der Waals surface area contributed by atoms with Gasteiger partial charge < -0.3 is 14.5 Å². The lowest BCUT2D eigenvalue weighted by atomic mass is 9.98. The van der Waals surface area contributed by atoms with Crippen molar-refractivity contribution in [2.24, 2.45) is 0 Å². The fraction of sp³-hybridized carbons (Fsp3) is 0.100. The van der Waals surface area contributed by atoms with Gasteiger partial charge in [0.1, 0.15) is 11.6 Å². The maximum atomic E-state index is 12.5. The minimum absolute atomic E-state index is 0.0213. The first-order valence-electron chi connectivity index (χ1n) is 7.73. The highest BCUT2D eigenvalue weighted by molar-refractivity contribution is 6.33. The van der Waals surface area contributed by atoms with Crippen LogP contribution in [0.25, 0.3) is 22.4 Å². The highest BCUT2D eigenvalue weighted by atomic mass is 35.5. The minimum atomic E-state index is -0.477. The van der Waals surface area contributed by atoms with E-state index in [-0.39, 0.29) is 5.56 Å². The fourth-order valence-corrected chi connectivity index (χ4v) is 2.96. The molecule has 0 atom stereocenters. The van der Waals surface area contributed by atoms with Crippen molar-refractivity contribution in [1.82, 2.24) is 4.98 Å². The summed E-state index contributed by atoms with van der Waals surface area (Å²) in [6.45, 7) is 0. The van der Waals surface area contributed by atoms with Gasteiger partial charge in [-0.3, -0.25) is 4.79 Å². The van der Waals surface area contributed by atoms with E-state index in [9.17, 15) is 10.1 Å². The Hall–Kier alpha value is -3.23. The van der Waals surface area contributed by atoms with Crippen LogP contribution in [0.4, 0.5) is 0 Å². The molecule has 0 aliphatic rings. The van der Waals surface area contributed by atoms with E-state index >= 15 is 0 Å². The van der Waals surface area contributed by atoms with E-state index in [1.807, 2.05) is 18.2 Å². The molecule has 0 amide bonds. The number of H-pyrrole nitrogens is 1. The van der Waals surface area contributed by atoms with Crippen molar-refractivity contribution >= 4 is 11.6 Å². The lowest BCUT2D eigenvalue weighted by molar-refractivity contribution is 0.355. The normalized spacial score (nSPS) is 10.2. The summed E-state index contributed by atoms with van der Waals surface area (Å²) < 4.78 is 10.6. The van der Waals surface area contributed by atoms with Gasteiger partial charge in [0.15, 0.2) is 11.5 Å². The zero-order valence-corrected chi connectivity index (χ0v) is 14.9. The van der Waals surface area contributed by atoms with Crippen LogP contribution in [0.5, 0.6) is 11.5 Å². The van der Waals surface area contributed by atoms with Crippen LogP contribution >= 0.6 is 11.6 Å². The van der Waals surface area contributed by atoms with E-state index in [0.29, 0.717) is 38.9 Å². The second-order valence-corrected chi connectivity index (χ2v) is 5.87. The number of hydrogen-bond acceptors (Lipinski definition) is 4. The van der Waals surface area contributed by atoms with Crippen LogP contribution < -0.4 is 15.0 Å². The summed E-state index contributed by atoms with van der Waals surface area (Å²) in [5.41, 5.74) is 1.91. The number of rotatable bonds is 4. The number of ether oxygens (including phenoxy) is 2. The number of aromatic nitrogens is 1. The summed E-state index contributed by atoms with van der Waals surface area (Å²) in [6, 6.07) is 16.1. The van der Waals surface area contributed by atoms with Crippen LogP contribution in [0.2, 0.25) is 5.02 Å². The zero-order valence-electron chi connectivity index (χ0n) is 14.2. The molecule has 0 saturated heterocycles. The standard InChI is InChI=1S/C20H15ClN2O3/c1-25-18-8-7-12(9-19(18)26-2)14-10-17(23-20(24)15(14)11-22)13-5-3-4-6-16(13)21/h3-10H,1-2H3,(H,23,24). The number of pyridine rings is 1. The van der Waals surface area contributed by atoms with Crippen molar-refractivity contribution in [2.75, 3.05) is 14.2 Å². The number of nitrogens with one attached hydrogen (secondary N) is 1. The molecule has 1 N–H and O–H groups in total. The number of halogens is 1. The first-order valence-corrected chi connectivity index (χ1v) is 8.11. The highest BCUT2D eigenvalue weighted by Gasteiger charge is 2.15. The molecule has 6 heteroatoms. The summed E-state index contributed by atoms with van der Waals surface area (Å²) in [5, 5.41) is 9.96. The van der Waals surface area contributed by atoms with E-state index in [1.165, 1.54) is 7.11 Å². The molecule has 1 heterocycles. The van der Waals surface area contributed by atoms with Gasteiger partial charge in [-0.2, -0.15) is 5.26 Å². The third-order valence-electron chi connectivity index (χ3n) is 4.00. The Balaban J connectivity index is 2.26. The molecule has 130 valence electrons. The number of benzene rings is 2. The van der Waals surface area contributed by atoms with Crippen molar-refractivity contribution in [2.45, 2.75) is 0 Å². The van der Waals surface area contributed by atoms with Crippen LogP contribution in [0.15, 0.2) is 53.3 Å². The van der Waals surface area contributed by atoms with Gasteiger partial charge in [0.25, 0.3) is 5.56 Å². The van der Waals surface area contributed by atoms with Gasteiger partial charge in [-0.15, -0.1) is 0 Å². The molecule has 0 aliphatic carbocycles. The van der Waals surface area contributed by atoms with Gasteiger partial charge in [-0.25, -0.2) is 0 Å². The predicted octanol–water partition coefficient (Wildman–Crippen LogP) is 4.25. The molecule has 1 aromatic heterocycles. The molecular formula is C20H15ClN2O3. The van der Waals surface area contributed by atoms with Gasteiger partial charge in [0.2, 0.25) is 0 Å². The van der Waals surface area contributed by atoms with Gasteiger partial charge in [-0.1, -0.05) is 35.9 Å². The second kappa shape index (κ2) is 7.34. The Morgan fingerprint density at radius 2 is 1.73 bits per heavy atom. The fourth-order valence-electron chi connectivity index (χ4n) is 2.73. The number of hydrogen-bond donors (Lipinski definition) is 1. The molecule has 0 fully saturated rings. The van der Waals surface area contributed by atoms with Crippen LogP contribution in [-0.2, 0) is 0 Å². The molecule has 0 aliphatic heterocycles. The van der Waals surface area contributed by atoms with Crippen LogP contribution in [0.3, 0.4) is 0 Å². The summed E-state index contributed by atoms with van der Waals surface area (Å²) in [6.07, 6.45) is 0. The average Bonchev–Trinajstić information content (AvgIpc) is 2.67. The number of methoxy groups -OCH3 is 2. The first kappa shape index (κ1) is 17.6. The molecule has 0 saturated carbocycles. The van der Waals surface area contributed by atoms with E-state index < -0.39 is 5.56 Å². The van der Waals surface area contributed by atoms with E-state index in [0.717, 1.165) is 0 Å². The van der Waals surface area contributed by atoms with Gasteiger partial charge in [0, 0.05) is 16.1 Å². The monoisotopic (exact) mass is 366 g/mol. The minimum Gasteiger partial charge on any atom is -0.493 e. The smallest absolute Gasteiger partial charge is 0.266 e. The maximum Gasteiger partial charge on any atom is 0.266 e. The Bertz CT molecular complexity index is 1070. The van der Waals surface area contributed by atoms with Gasteiger partial charge in [0.05, 0.1) is 19.9 Å². The quantitative estimate of drug-likeness (QED) is 0.748. The lowest BCUT2D eigenvalue weighted by Gasteiger charge is -2.12. The summed E-state index contributed by atoms with van der Waals surface area (Å²) in [5.74, 6) is 1.07. The molecule has 26 heavy (non-hydrogen) atoms. The molecule has 5 nitrogen and oxygen atoms in total. The molecule has 0 radical (unpaired) electrons. The van der Waals surface area contributed by atoms with E-state index in [2.05, 4.69) is 4.98 Å². The Kier molecular flexibility index (Phi) is 4.97. The van der Waals surface area contributed by atoms with Crippen LogP contribution in [0, 0.1) is 11.3 Å². The molecule has 0 spiro atoms. The third-order valence-corrected chi connectivity index (χ3v) is 4.33. The van der Waals surface area contributed by atoms with Crippen molar-refractivity contribution in [3.63, 3.8) is 0 Å². The second-order valence-electron chi connectivity index (χ2n) is 5.46. The van der Waals surface area contributed by atoms with Gasteiger partial charge >= 0.3 is 0 Å². The topological polar surface area (TPSA) is 75.1 Å². The van der Waals surface area contributed by atoms with Crippen LogP contribution in [0.1, 0.15) is 5.56 Å². The molecule has 2 aromatic carbocycles. The highest BCUT2D eigenvalue weighted by Crippen LogP contribution is 2.35. The SMILES string of the molecule is COc1ccc(-c2cc(-c3ccccc3Cl)[nH]c(=O)c2C#N)cc1OC. The molecule has 3 rings (SSSR count). The predicted molar refractivity (Wildman–Crippen MR) is 101 cm³/mol. The first-order chi connectivity index (χ1) is 12.6. The molecule has 0 bridgehead atoms. The van der Waals surface area contributed by atoms with Crippen LogP contribution in [-0.4, -0.2) is 19.2 Å². The summed E-state index contributed by atoms with van der Waals surface area (Å²) >= 11 is 6.25. The Morgan fingerprint density at radius 1 is 1.00 bits per heavy atom. The Labute approximate surface area is 155 Å². The largest absolute Gasteiger partial charge is 0.493 e. The summed E-state index contributed by atoms with van der Waals surface area (Å²) in [4.78, 5) is 15.2. The molecule has 0 unspecified atom stereocenters. The Morgan fingerprint density at radius 3 is 2.38 bits per heavy atom. The maximum absolute atomic E-state index is 12.5. The van der Waals surface area contributed by atoms with Crippen molar-refractivity contribution in [3.8, 4) is 40.0 Å². The van der Waals surface area contributed by atoms with E-state index in [4.69, 9.17) is 21.1 Å². The zero-order chi connectivity index (χ0) is 18.7. The third kappa shape index (κ3) is 3.15. The van der Waals surface area contributed by atoms with E-state index in [1.54, 1.807) is 43.5 Å². The molecular weight excluding hydrogens is 352 g/mol. The van der Waals surface area contributed by atoms with Crippen molar-refractivity contribution < 1.29 is 9.47 Å². The number of aromatic amines is 1. The lowest BCUT2D eigenvalue weighted by Crippen LogP contribution is -2.12. The molecule has 3 aromatic rings. The number of nitriles is 1. The average molecular weight is 367 g/mol. The van der Waals surface area contributed by atoms with Crippen molar-refractivity contribution in [3.05, 3.63) is 69.5 Å². The number of nitrogens with zero attached hydrogens (tertiary/aromatic N) is 1. The van der Waals surface area contributed by atoms with Gasteiger partial charge in [-0.05, 0) is 29.8 Å². The van der Waals surface area contributed by atoms with Crippen molar-refractivity contribution in [1.29, 1.82) is 5.26 Å². The summed E-state index contributed by atoms with van der Waals surface area (Å²) in [7, 11) is 3.07.